The zero-order chi connectivity index (χ0) is 6.41. The van der Waals surface area contributed by atoms with Crippen LogP contribution < -0.4 is 5.32 Å². The van der Waals surface area contributed by atoms with E-state index in [2.05, 4.69) is 24.1 Å². The Hall–Kier alpha value is -0.0800. The Morgan fingerprint density at radius 1 is 1.25 bits per heavy atom. The third-order valence-corrected chi connectivity index (χ3v) is 1.24. The fraction of sp³-hybridized carbons (Fsp3) is 1.00. The van der Waals surface area contributed by atoms with E-state index in [9.17, 15) is 0 Å². The van der Waals surface area contributed by atoms with E-state index >= 15 is 0 Å². The predicted molar refractivity (Wildman–Crippen MR) is 35.8 cm³/mol. The summed E-state index contributed by atoms with van der Waals surface area (Å²) in [6, 6.07) is 0. The van der Waals surface area contributed by atoms with Crippen molar-refractivity contribution in [1.82, 2.24) is 10.2 Å². The van der Waals surface area contributed by atoms with Gasteiger partial charge in [0.2, 0.25) is 0 Å². The zero-order valence-electron chi connectivity index (χ0n) is 6.02. The van der Waals surface area contributed by atoms with Crippen molar-refractivity contribution in [2.45, 2.75) is 13.8 Å². The molecule has 0 aliphatic carbocycles. The lowest BCUT2D eigenvalue weighted by Crippen LogP contribution is -2.28. The summed E-state index contributed by atoms with van der Waals surface area (Å²) >= 11 is 0. The second-order valence-electron chi connectivity index (χ2n) is 1.76. The molecule has 0 fully saturated rings. The highest BCUT2D eigenvalue weighted by atomic mass is 15.2. The van der Waals surface area contributed by atoms with Crippen molar-refractivity contribution < 1.29 is 0 Å². The molecule has 0 unspecified atom stereocenters. The van der Waals surface area contributed by atoms with Crippen molar-refractivity contribution in [1.29, 1.82) is 0 Å². The molecule has 0 N–H and O–H groups in total. The van der Waals surface area contributed by atoms with Crippen LogP contribution in [0.5, 0.6) is 0 Å². The Labute approximate surface area is 51.9 Å². The van der Waals surface area contributed by atoms with Crippen LogP contribution in [0.3, 0.4) is 0 Å². The van der Waals surface area contributed by atoms with Gasteiger partial charge in [0.25, 0.3) is 0 Å². The normalized spacial score (nSPS) is 10.5. The molecule has 49 valence electrons. The van der Waals surface area contributed by atoms with Crippen molar-refractivity contribution in [2.24, 2.45) is 0 Å². The summed E-state index contributed by atoms with van der Waals surface area (Å²) in [5.41, 5.74) is 0. The lowest BCUT2D eigenvalue weighted by molar-refractivity contribution is 0.286. The summed E-state index contributed by atoms with van der Waals surface area (Å²) in [6.07, 6.45) is 0. The second kappa shape index (κ2) is 5.06. The standard InChI is InChI=1S/C6H15N2/c1-4-8(5-2)6-7-3/h4-6H2,1-3H3. The number of nitrogens with zero attached hydrogens (tertiary/aromatic N) is 2. The second-order valence-corrected chi connectivity index (χ2v) is 1.76. The molecule has 0 aromatic rings. The van der Waals surface area contributed by atoms with Crippen molar-refractivity contribution in [2.75, 3.05) is 26.8 Å². The predicted octanol–water partition coefficient (Wildman–Crippen LogP) is 0.520. The van der Waals surface area contributed by atoms with Crippen LogP contribution in [0, 0.1) is 0 Å². The van der Waals surface area contributed by atoms with Crippen LogP contribution >= 0.6 is 0 Å². The van der Waals surface area contributed by atoms with Gasteiger partial charge in [0.15, 0.2) is 0 Å². The van der Waals surface area contributed by atoms with E-state index in [1.165, 1.54) is 0 Å². The highest BCUT2D eigenvalue weighted by Crippen LogP contribution is 1.81. The Morgan fingerprint density at radius 2 is 1.75 bits per heavy atom. The van der Waals surface area contributed by atoms with Crippen LogP contribution in [0.25, 0.3) is 0 Å². The summed E-state index contributed by atoms with van der Waals surface area (Å²) in [5.74, 6) is 0. The van der Waals surface area contributed by atoms with Gasteiger partial charge in [0, 0.05) is 7.05 Å². The topological polar surface area (TPSA) is 17.3 Å². The van der Waals surface area contributed by atoms with Crippen molar-refractivity contribution in [3.8, 4) is 0 Å². The van der Waals surface area contributed by atoms with Crippen LogP contribution in [0.4, 0.5) is 0 Å². The number of rotatable bonds is 4. The molecule has 0 saturated heterocycles. The maximum Gasteiger partial charge on any atom is 0.0645 e. The van der Waals surface area contributed by atoms with Gasteiger partial charge in [-0.15, -0.1) is 0 Å². The minimum Gasteiger partial charge on any atom is -0.290 e. The molecule has 0 aliphatic heterocycles. The van der Waals surface area contributed by atoms with Gasteiger partial charge in [0.1, 0.15) is 0 Å². The van der Waals surface area contributed by atoms with Gasteiger partial charge < -0.3 is 0 Å². The van der Waals surface area contributed by atoms with Crippen molar-refractivity contribution in [3.63, 3.8) is 0 Å². The molecule has 1 radical (unpaired) electrons. The average molecular weight is 115 g/mol. The maximum absolute atomic E-state index is 4.00. The molecule has 0 heterocycles. The lowest BCUT2D eigenvalue weighted by Gasteiger charge is -2.15. The fourth-order valence-corrected chi connectivity index (χ4v) is 0.624. The first-order valence-electron chi connectivity index (χ1n) is 3.13. The molecular weight excluding hydrogens is 100 g/mol. The molecule has 0 aromatic carbocycles. The Kier molecular flexibility index (Phi) is 5.01. The smallest absolute Gasteiger partial charge is 0.0645 e. The van der Waals surface area contributed by atoms with Crippen LogP contribution in [0.1, 0.15) is 13.8 Å². The van der Waals surface area contributed by atoms with Crippen LogP contribution in [0.2, 0.25) is 0 Å². The van der Waals surface area contributed by atoms with Gasteiger partial charge in [-0.3, -0.25) is 4.90 Å². The maximum atomic E-state index is 4.00. The van der Waals surface area contributed by atoms with Gasteiger partial charge in [-0.25, -0.2) is 5.32 Å². The molecule has 0 saturated carbocycles. The SMILES string of the molecule is CCN(CC)C[N]C. The van der Waals surface area contributed by atoms with E-state index in [1.807, 2.05) is 7.05 Å². The van der Waals surface area contributed by atoms with Gasteiger partial charge >= 0.3 is 0 Å². The number of hydrogen-bond donors (Lipinski definition) is 0. The summed E-state index contributed by atoms with van der Waals surface area (Å²) in [5, 5.41) is 4.00. The van der Waals surface area contributed by atoms with Crippen LogP contribution in [0.15, 0.2) is 0 Å². The molecule has 2 nitrogen and oxygen atoms in total. The molecule has 0 amide bonds. The first-order chi connectivity index (χ1) is 3.85. The van der Waals surface area contributed by atoms with E-state index in [4.69, 9.17) is 0 Å². The number of hydrogen-bond acceptors (Lipinski definition) is 1. The minimum absolute atomic E-state index is 0.882. The first kappa shape index (κ1) is 7.92. The monoisotopic (exact) mass is 115 g/mol. The lowest BCUT2D eigenvalue weighted by atomic mass is 10.5. The summed E-state index contributed by atoms with van der Waals surface area (Å²) in [6.45, 7) is 7.39. The summed E-state index contributed by atoms with van der Waals surface area (Å²) in [7, 11) is 1.85. The third-order valence-electron chi connectivity index (χ3n) is 1.24. The molecule has 0 spiro atoms. The highest BCUT2D eigenvalue weighted by molar-refractivity contribution is 4.45. The molecule has 0 atom stereocenters. The largest absolute Gasteiger partial charge is 0.290 e. The van der Waals surface area contributed by atoms with Gasteiger partial charge in [-0.05, 0) is 13.1 Å². The Bertz CT molecular complexity index is 41.8. The van der Waals surface area contributed by atoms with Crippen molar-refractivity contribution >= 4 is 0 Å². The quantitative estimate of drug-likeness (QED) is 0.522. The first-order valence-corrected chi connectivity index (χ1v) is 3.13. The molecule has 0 bridgehead atoms. The Morgan fingerprint density at radius 3 is 1.88 bits per heavy atom. The van der Waals surface area contributed by atoms with Crippen LogP contribution in [-0.4, -0.2) is 31.7 Å². The molecule has 2 heteroatoms. The third kappa shape index (κ3) is 2.99. The molecule has 0 aliphatic rings. The highest BCUT2D eigenvalue weighted by Gasteiger charge is 1.93. The van der Waals surface area contributed by atoms with Crippen molar-refractivity contribution in [3.05, 3.63) is 0 Å². The van der Waals surface area contributed by atoms with E-state index in [0.717, 1.165) is 19.8 Å². The Balaban J connectivity index is 3.07. The van der Waals surface area contributed by atoms with Gasteiger partial charge in [-0.2, -0.15) is 0 Å². The fourth-order valence-electron chi connectivity index (χ4n) is 0.624. The van der Waals surface area contributed by atoms with E-state index in [1.54, 1.807) is 0 Å². The van der Waals surface area contributed by atoms with E-state index in [-0.39, 0.29) is 0 Å². The minimum atomic E-state index is 0.882. The van der Waals surface area contributed by atoms with E-state index < -0.39 is 0 Å². The molecule has 8 heavy (non-hydrogen) atoms. The summed E-state index contributed by atoms with van der Waals surface area (Å²) < 4.78 is 0. The zero-order valence-corrected chi connectivity index (χ0v) is 6.02. The van der Waals surface area contributed by atoms with Crippen LogP contribution in [-0.2, 0) is 0 Å². The molecular formula is C6H15N2. The molecule has 0 rings (SSSR count). The average Bonchev–Trinajstić information content (AvgIpc) is 1.83. The molecule has 0 aromatic heterocycles. The van der Waals surface area contributed by atoms with Gasteiger partial charge in [0.05, 0.1) is 6.67 Å². The van der Waals surface area contributed by atoms with Gasteiger partial charge in [-0.1, -0.05) is 13.8 Å². The summed E-state index contributed by atoms with van der Waals surface area (Å²) in [4.78, 5) is 2.26. The van der Waals surface area contributed by atoms with E-state index in [0.29, 0.717) is 0 Å².